The number of fused-ring (bicyclic) bond motifs is 3. The first-order chi connectivity index (χ1) is 17.3. The van der Waals surface area contributed by atoms with Gasteiger partial charge in [0.1, 0.15) is 12.1 Å². The van der Waals surface area contributed by atoms with Crippen molar-refractivity contribution in [2.24, 2.45) is 0 Å². The van der Waals surface area contributed by atoms with Crippen LogP contribution >= 0.6 is 0 Å². The van der Waals surface area contributed by atoms with Crippen LogP contribution in [-0.4, -0.2) is 24.5 Å². The fourth-order valence-electron chi connectivity index (χ4n) is 4.33. The Kier molecular flexibility index (Phi) is 4.73. The minimum absolute atomic E-state index is 0.117. The molecule has 0 fully saturated rings. The van der Waals surface area contributed by atoms with Gasteiger partial charge < -0.3 is 4.57 Å². The zero-order valence-corrected chi connectivity index (χ0v) is 18.3. The smallest absolute Gasteiger partial charge is 0.232 e. The van der Waals surface area contributed by atoms with E-state index in [1.165, 1.54) is 12.4 Å². The van der Waals surface area contributed by atoms with Gasteiger partial charge in [-0.15, -0.1) is 0 Å². The van der Waals surface area contributed by atoms with Crippen LogP contribution in [0.4, 0.5) is 0 Å². The summed E-state index contributed by atoms with van der Waals surface area (Å²) in [5, 5.41) is 20.5. The molecule has 162 valence electrons. The lowest BCUT2D eigenvalue weighted by Gasteiger charge is -2.15. The fraction of sp³-hybridized carbons (Fsp3) is 0. The van der Waals surface area contributed by atoms with Crippen LogP contribution in [0.2, 0.25) is 0 Å². The molecule has 0 saturated carbocycles. The zero-order valence-electron chi connectivity index (χ0n) is 18.3. The number of para-hydroxylation sites is 2. The summed E-state index contributed by atoms with van der Waals surface area (Å²) in [6.45, 7) is 0. The minimum Gasteiger partial charge on any atom is -0.309 e. The van der Waals surface area contributed by atoms with Crippen molar-refractivity contribution >= 4 is 21.8 Å². The summed E-state index contributed by atoms with van der Waals surface area (Å²) in [4.78, 5) is 17.2. The lowest BCUT2D eigenvalue weighted by Crippen LogP contribution is -2.00. The van der Waals surface area contributed by atoms with Crippen molar-refractivity contribution in [3.63, 3.8) is 0 Å². The van der Waals surface area contributed by atoms with Crippen molar-refractivity contribution in [3.8, 4) is 40.3 Å². The van der Waals surface area contributed by atoms with Gasteiger partial charge in [0.05, 0.1) is 22.3 Å². The SMILES string of the molecule is N#Cc1cnc(-c2cc(-c3cnc(C#N)nc3)ccc2-n2c3ccccc3c3ccccc32)nc1. The van der Waals surface area contributed by atoms with E-state index in [-0.39, 0.29) is 5.82 Å². The third-order valence-corrected chi connectivity index (χ3v) is 5.92. The predicted octanol–water partition coefficient (Wildman–Crippen LogP) is 5.44. The second kappa shape index (κ2) is 8.18. The van der Waals surface area contributed by atoms with Gasteiger partial charge in [-0.3, -0.25) is 0 Å². The van der Waals surface area contributed by atoms with Gasteiger partial charge >= 0.3 is 0 Å². The molecular weight excluding hydrogens is 434 g/mol. The number of rotatable bonds is 3. The molecule has 0 N–H and O–H groups in total. The summed E-state index contributed by atoms with van der Waals surface area (Å²) < 4.78 is 2.21. The van der Waals surface area contributed by atoms with Gasteiger partial charge in [-0.1, -0.05) is 42.5 Å². The Bertz CT molecular complexity index is 1750. The van der Waals surface area contributed by atoms with Crippen molar-refractivity contribution in [3.05, 3.63) is 103 Å². The molecule has 7 heteroatoms. The van der Waals surface area contributed by atoms with Gasteiger partial charge in [-0.25, -0.2) is 19.9 Å². The lowest BCUT2D eigenvalue weighted by atomic mass is 10.0. The van der Waals surface area contributed by atoms with Gasteiger partial charge in [0.2, 0.25) is 5.82 Å². The number of nitrogens with zero attached hydrogens (tertiary/aromatic N) is 7. The van der Waals surface area contributed by atoms with E-state index in [1.807, 2.05) is 48.5 Å². The van der Waals surface area contributed by atoms with Gasteiger partial charge in [-0.05, 0) is 29.8 Å². The molecule has 7 nitrogen and oxygen atoms in total. The Hall–Kier alpha value is -5.40. The van der Waals surface area contributed by atoms with Crippen molar-refractivity contribution in [1.29, 1.82) is 10.5 Å². The summed E-state index contributed by atoms with van der Waals surface area (Å²) in [6, 6.07) is 26.6. The standard InChI is InChI=1S/C28H15N7/c29-12-18-14-33-28(34-15-18)23-11-19(20-16-31-27(13-30)32-17-20)9-10-26(23)35-24-7-3-1-5-21(24)22-6-2-4-8-25(22)35/h1-11,14-17H. The van der Waals surface area contributed by atoms with E-state index >= 15 is 0 Å². The normalized spacial score (nSPS) is 10.8. The molecule has 6 aromatic rings. The minimum atomic E-state index is 0.117. The Morgan fingerprint density at radius 1 is 0.629 bits per heavy atom. The summed E-state index contributed by atoms with van der Waals surface area (Å²) in [5.74, 6) is 0.614. The Balaban J connectivity index is 1.65. The monoisotopic (exact) mass is 449 g/mol. The van der Waals surface area contributed by atoms with Crippen molar-refractivity contribution in [1.82, 2.24) is 24.5 Å². The Labute approximate surface area is 200 Å². The lowest BCUT2D eigenvalue weighted by molar-refractivity contribution is 1.11. The van der Waals surface area contributed by atoms with Crippen LogP contribution in [0.15, 0.2) is 91.5 Å². The molecule has 6 rings (SSSR count). The highest BCUT2D eigenvalue weighted by Crippen LogP contribution is 2.36. The molecule has 0 spiro atoms. The first-order valence-corrected chi connectivity index (χ1v) is 10.8. The van der Waals surface area contributed by atoms with Crippen molar-refractivity contribution in [2.45, 2.75) is 0 Å². The van der Waals surface area contributed by atoms with Gasteiger partial charge in [0, 0.05) is 46.7 Å². The highest BCUT2D eigenvalue weighted by Gasteiger charge is 2.17. The van der Waals surface area contributed by atoms with Crippen LogP contribution in [0.25, 0.3) is 50.0 Å². The maximum Gasteiger partial charge on any atom is 0.232 e. The average molecular weight is 449 g/mol. The number of benzene rings is 3. The van der Waals surface area contributed by atoms with E-state index in [0.717, 1.165) is 44.2 Å². The van der Waals surface area contributed by atoms with Gasteiger partial charge in [0.15, 0.2) is 5.82 Å². The number of hydrogen-bond acceptors (Lipinski definition) is 6. The second-order valence-electron chi connectivity index (χ2n) is 7.92. The van der Waals surface area contributed by atoms with Crippen molar-refractivity contribution < 1.29 is 0 Å². The molecule has 0 aliphatic rings. The summed E-state index contributed by atoms with van der Waals surface area (Å²) in [5.41, 5.74) is 5.86. The topological polar surface area (TPSA) is 104 Å². The third kappa shape index (κ3) is 3.36. The van der Waals surface area contributed by atoms with Gasteiger partial charge in [-0.2, -0.15) is 10.5 Å². The van der Waals surface area contributed by atoms with Crippen LogP contribution in [0.3, 0.4) is 0 Å². The number of nitriles is 2. The Morgan fingerprint density at radius 2 is 1.26 bits per heavy atom. The molecule has 3 aromatic carbocycles. The van der Waals surface area contributed by atoms with E-state index in [4.69, 9.17) is 5.26 Å². The third-order valence-electron chi connectivity index (χ3n) is 5.92. The highest BCUT2D eigenvalue weighted by atomic mass is 15.0. The predicted molar refractivity (Wildman–Crippen MR) is 132 cm³/mol. The zero-order chi connectivity index (χ0) is 23.8. The van der Waals surface area contributed by atoms with Crippen molar-refractivity contribution in [2.75, 3.05) is 0 Å². The number of aromatic nitrogens is 5. The first kappa shape index (κ1) is 20.2. The molecule has 3 aromatic heterocycles. The largest absolute Gasteiger partial charge is 0.309 e. The molecule has 3 heterocycles. The molecule has 0 amide bonds. The molecule has 0 bridgehead atoms. The summed E-state index contributed by atoms with van der Waals surface area (Å²) >= 11 is 0. The van der Waals surface area contributed by atoms with Crippen LogP contribution < -0.4 is 0 Å². The quantitative estimate of drug-likeness (QED) is 0.356. The van der Waals surface area contributed by atoms with E-state index in [9.17, 15) is 5.26 Å². The summed E-state index contributed by atoms with van der Waals surface area (Å²) in [6.07, 6.45) is 6.31. The highest BCUT2D eigenvalue weighted by molar-refractivity contribution is 6.09. The molecule has 0 unspecified atom stereocenters. The Morgan fingerprint density at radius 3 is 1.86 bits per heavy atom. The molecule has 0 aliphatic carbocycles. The van der Waals surface area contributed by atoms with Crippen LogP contribution in [0.1, 0.15) is 11.4 Å². The fourth-order valence-corrected chi connectivity index (χ4v) is 4.33. The van der Waals surface area contributed by atoms with E-state index in [1.54, 1.807) is 12.4 Å². The average Bonchev–Trinajstić information content (AvgIpc) is 3.27. The molecule has 0 saturated heterocycles. The van der Waals surface area contributed by atoms with Crippen LogP contribution in [-0.2, 0) is 0 Å². The molecular formula is C28H15N7. The molecule has 35 heavy (non-hydrogen) atoms. The van der Waals surface area contributed by atoms with Crippen LogP contribution in [0, 0.1) is 22.7 Å². The van der Waals surface area contributed by atoms with E-state index in [2.05, 4.69) is 54.8 Å². The number of hydrogen-bond donors (Lipinski definition) is 0. The maximum atomic E-state index is 9.21. The van der Waals surface area contributed by atoms with E-state index in [0.29, 0.717) is 11.4 Å². The second-order valence-corrected chi connectivity index (χ2v) is 7.92. The van der Waals surface area contributed by atoms with Crippen LogP contribution in [0.5, 0.6) is 0 Å². The van der Waals surface area contributed by atoms with E-state index < -0.39 is 0 Å². The maximum absolute atomic E-state index is 9.21. The molecule has 0 aliphatic heterocycles. The molecule has 0 radical (unpaired) electrons. The molecule has 0 atom stereocenters. The first-order valence-electron chi connectivity index (χ1n) is 10.8. The van der Waals surface area contributed by atoms with Gasteiger partial charge in [0.25, 0.3) is 0 Å². The summed E-state index contributed by atoms with van der Waals surface area (Å²) in [7, 11) is 0.